The lowest BCUT2D eigenvalue weighted by Crippen LogP contribution is -2.36. The number of nitrogens with two attached hydrogens (primary N) is 2. The molecule has 1 aromatic rings. The summed E-state index contributed by atoms with van der Waals surface area (Å²) >= 11 is 1.64. The van der Waals surface area contributed by atoms with Crippen LogP contribution in [0.1, 0.15) is 12.0 Å². The monoisotopic (exact) mass is 281 g/mol. The maximum absolute atomic E-state index is 11.9. The normalized spacial score (nSPS) is 11.9. The van der Waals surface area contributed by atoms with Crippen LogP contribution in [0.2, 0.25) is 0 Å². The first-order valence-corrected chi connectivity index (χ1v) is 7.35. The molecule has 0 radical (unpaired) electrons. The Hall–Kier alpha value is -1.53. The molecule has 0 aliphatic heterocycles. The Kier molecular flexibility index (Phi) is 6.38. The van der Waals surface area contributed by atoms with Crippen molar-refractivity contribution < 1.29 is 9.59 Å². The van der Waals surface area contributed by atoms with E-state index in [0.717, 1.165) is 5.75 Å². The molecule has 0 aromatic heterocycles. The molecule has 6 heteroatoms. The molecule has 0 bridgehead atoms. The molecule has 0 fully saturated rings. The zero-order valence-electron chi connectivity index (χ0n) is 10.9. The van der Waals surface area contributed by atoms with E-state index in [2.05, 4.69) is 5.32 Å². The van der Waals surface area contributed by atoms with Gasteiger partial charge in [0.2, 0.25) is 11.8 Å². The Morgan fingerprint density at radius 3 is 2.68 bits per heavy atom. The average Bonchev–Trinajstić information content (AvgIpc) is 2.37. The smallest absolute Gasteiger partial charge is 0.241 e. The number of carbonyl (C=O) groups excluding carboxylic acids is 2. The highest BCUT2D eigenvalue weighted by Crippen LogP contribution is 2.16. The van der Waals surface area contributed by atoms with E-state index in [0.29, 0.717) is 17.7 Å². The van der Waals surface area contributed by atoms with Crippen LogP contribution in [0.3, 0.4) is 0 Å². The van der Waals surface area contributed by atoms with Crippen LogP contribution in [0.5, 0.6) is 0 Å². The highest BCUT2D eigenvalue weighted by molar-refractivity contribution is 7.98. The number of rotatable bonds is 7. The van der Waals surface area contributed by atoms with E-state index in [1.54, 1.807) is 36.0 Å². The Balaban J connectivity index is 2.70. The molecule has 0 aliphatic carbocycles. The summed E-state index contributed by atoms with van der Waals surface area (Å²) < 4.78 is 0. The van der Waals surface area contributed by atoms with Crippen molar-refractivity contribution in [1.29, 1.82) is 0 Å². The predicted molar refractivity (Wildman–Crippen MR) is 78.9 cm³/mol. The molecule has 0 saturated carbocycles. The lowest BCUT2D eigenvalue weighted by molar-refractivity contribution is -0.118. The van der Waals surface area contributed by atoms with Gasteiger partial charge in [-0.2, -0.15) is 11.8 Å². The van der Waals surface area contributed by atoms with Crippen LogP contribution in [0.4, 0.5) is 5.69 Å². The van der Waals surface area contributed by atoms with E-state index in [4.69, 9.17) is 11.5 Å². The number of thioether (sulfide) groups is 1. The van der Waals surface area contributed by atoms with Gasteiger partial charge >= 0.3 is 0 Å². The van der Waals surface area contributed by atoms with E-state index < -0.39 is 11.9 Å². The van der Waals surface area contributed by atoms with Gasteiger partial charge in [-0.05, 0) is 30.1 Å². The van der Waals surface area contributed by atoms with Gasteiger partial charge in [-0.15, -0.1) is 0 Å². The number of carbonyl (C=O) groups is 2. The number of hydrogen-bond acceptors (Lipinski definition) is 4. The van der Waals surface area contributed by atoms with E-state index in [-0.39, 0.29) is 12.3 Å². The standard InChI is InChI=1S/C13H19N3O2S/c1-19-7-6-10(14)13(18)16-11-5-3-2-4-9(11)8-12(15)17/h2-5,10H,6-8,14H2,1H3,(H2,15,17)(H,16,18)/t10-/m1/s1. The third-order valence-corrected chi connectivity index (χ3v) is 3.25. The topological polar surface area (TPSA) is 98.2 Å². The van der Waals surface area contributed by atoms with Gasteiger partial charge in [0.25, 0.3) is 0 Å². The summed E-state index contributed by atoms with van der Waals surface area (Å²) in [5, 5.41) is 2.74. The number of benzene rings is 1. The quantitative estimate of drug-likeness (QED) is 0.686. The molecule has 0 saturated heterocycles. The van der Waals surface area contributed by atoms with Gasteiger partial charge < -0.3 is 16.8 Å². The number of amides is 2. The van der Waals surface area contributed by atoms with Crippen molar-refractivity contribution in [3.8, 4) is 0 Å². The second-order valence-corrected chi connectivity index (χ2v) is 5.16. The minimum absolute atomic E-state index is 0.0938. The number of para-hydroxylation sites is 1. The first kappa shape index (κ1) is 15.5. The summed E-state index contributed by atoms with van der Waals surface area (Å²) in [5.41, 5.74) is 12.2. The highest BCUT2D eigenvalue weighted by atomic mass is 32.2. The molecule has 19 heavy (non-hydrogen) atoms. The lowest BCUT2D eigenvalue weighted by atomic mass is 10.1. The van der Waals surface area contributed by atoms with Gasteiger partial charge in [-0.25, -0.2) is 0 Å². The van der Waals surface area contributed by atoms with Crippen molar-refractivity contribution in [3.63, 3.8) is 0 Å². The number of hydrogen-bond donors (Lipinski definition) is 3. The molecule has 5 nitrogen and oxygen atoms in total. The molecule has 1 rings (SSSR count). The predicted octanol–water partition coefficient (Wildman–Crippen LogP) is 0.733. The minimum Gasteiger partial charge on any atom is -0.369 e. The second kappa shape index (κ2) is 7.81. The van der Waals surface area contributed by atoms with Crippen LogP contribution in [0.15, 0.2) is 24.3 Å². The van der Waals surface area contributed by atoms with Crippen molar-refractivity contribution in [3.05, 3.63) is 29.8 Å². The van der Waals surface area contributed by atoms with Crippen LogP contribution >= 0.6 is 11.8 Å². The summed E-state index contributed by atoms with van der Waals surface area (Å²) in [4.78, 5) is 22.9. The van der Waals surface area contributed by atoms with Gasteiger partial charge in [0.15, 0.2) is 0 Å². The lowest BCUT2D eigenvalue weighted by Gasteiger charge is -2.14. The zero-order chi connectivity index (χ0) is 14.3. The summed E-state index contributed by atoms with van der Waals surface area (Å²) in [6, 6.07) is 6.52. The second-order valence-electron chi connectivity index (χ2n) is 4.18. The minimum atomic E-state index is -0.547. The molecule has 1 aromatic carbocycles. The molecule has 0 spiro atoms. The van der Waals surface area contributed by atoms with Gasteiger partial charge in [-0.3, -0.25) is 9.59 Å². The third-order valence-electron chi connectivity index (χ3n) is 2.61. The Labute approximate surface area is 117 Å². The van der Waals surface area contributed by atoms with Crippen LogP contribution < -0.4 is 16.8 Å². The van der Waals surface area contributed by atoms with Crippen molar-refractivity contribution >= 4 is 29.3 Å². The van der Waals surface area contributed by atoms with E-state index in [1.165, 1.54) is 0 Å². The van der Waals surface area contributed by atoms with E-state index in [9.17, 15) is 9.59 Å². The maximum Gasteiger partial charge on any atom is 0.241 e. The Bertz CT molecular complexity index is 451. The fourth-order valence-corrected chi connectivity index (χ4v) is 2.08. The molecular formula is C13H19N3O2S. The van der Waals surface area contributed by atoms with Crippen LogP contribution in [0, 0.1) is 0 Å². The Morgan fingerprint density at radius 2 is 2.05 bits per heavy atom. The van der Waals surface area contributed by atoms with Crippen molar-refractivity contribution in [2.24, 2.45) is 11.5 Å². The molecule has 0 heterocycles. The first-order chi connectivity index (χ1) is 9.04. The molecule has 5 N–H and O–H groups in total. The average molecular weight is 281 g/mol. The van der Waals surface area contributed by atoms with Crippen LogP contribution in [0.25, 0.3) is 0 Å². The molecule has 104 valence electrons. The van der Waals surface area contributed by atoms with Crippen molar-refractivity contribution in [1.82, 2.24) is 0 Å². The van der Waals surface area contributed by atoms with Gasteiger partial charge in [0, 0.05) is 5.69 Å². The Morgan fingerprint density at radius 1 is 1.37 bits per heavy atom. The fraction of sp³-hybridized carbons (Fsp3) is 0.385. The number of anilines is 1. The molecular weight excluding hydrogens is 262 g/mol. The number of primary amides is 1. The zero-order valence-corrected chi connectivity index (χ0v) is 11.7. The van der Waals surface area contributed by atoms with E-state index >= 15 is 0 Å². The maximum atomic E-state index is 11.9. The van der Waals surface area contributed by atoms with Gasteiger partial charge in [0.1, 0.15) is 0 Å². The molecule has 0 aliphatic rings. The summed E-state index contributed by atoms with van der Waals surface area (Å²) in [5.74, 6) is 0.150. The molecule has 1 atom stereocenters. The summed E-state index contributed by atoms with van der Waals surface area (Å²) in [7, 11) is 0. The highest BCUT2D eigenvalue weighted by Gasteiger charge is 2.14. The first-order valence-electron chi connectivity index (χ1n) is 5.96. The van der Waals surface area contributed by atoms with E-state index in [1.807, 2.05) is 6.26 Å². The summed E-state index contributed by atoms with van der Waals surface area (Å²) in [6.45, 7) is 0. The van der Waals surface area contributed by atoms with Crippen LogP contribution in [-0.4, -0.2) is 29.9 Å². The fourth-order valence-electron chi connectivity index (χ4n) is 1.59. The SMILES string of the molecule is CSCC[C@@H](N)C(=O)Nc1ccccc1CC(N)=O. The van der Waals surface area contributed by atoms with Crippen molar-refractivity contribution in [2.75, 3.05) is 17.3 Å². The largest absolute Gasteiger partial charge is 0.369 e. The van der Waals surface area contributed by atoms with Crippen LogP contribution in [-0.2, 0) is 16.0 Å². The summed E-state index contributed by atoms with van der Waals surface area (Å²) in [6.07, 6.45) is 2.67. The molecule has 0 unspecified atom stereocenters. The third kappa shape index (κ3) is 5.32. The van der Waals surface area contributed by atoms with Gasteiger partial charge in [-0.1, -0.05) is 18.2 Å². The molecule has 2 amide bonds. The number of nitrogens with one attached hydrogen (secondary N) is 1. The van der Waals surface area contributed by atoms with Gasteiger partial charge in [0.05, 0.1) is 12.5 Å². The van der Waals surface area contributed by atoms with Crippen molar-refractivity contribution in [2.45, 2.75) is 18.9 Å².